The monoisotopic (exact) mass is 299 g/mol. The molecule has 4 heteroatoms. The van der Waals surface area contributed by atoms with E-state index in [4.69, 9.17) is 23.2 Å². The summed E-state index contributed by atoms with van der Waals surface area (Å²) in [6.45, 7) is 3.84. The lowest BCUT2D eigenvalue weighted by molar-refractivity contribution is 0.0799. The number of rotatable bonds is 5. The van der Waals surface area contributed by atoms with Crippen molar-refractivity contribution in [2.24, 2.45) is 5.41 Å². The number of halogens is 2. The second kappa shape index (κ2) is 6.25. The predicted octanol–water partition coefficient (Wildman–Crippen LogP) is 4.35. The summed E-state index contributed by atoms with van der Waals surface area (Å²) in [5, 5.41) is 4.26. The second-order valence-corrected chi connectivity index (χ2v) is 6.08. The van der Waals surface area contributed by atoms with Crippen molar-refractivity contribution in [3.05, 3.63) is 33.8 Å². The fourth-order valence-corrected chi connectivity index (χ4v) is 3.02. The summed E-state index contributed by atoms with van der Waals surface area (Å²) in [6.07, 6.45) is 4.03. The van der Waals surface area contributed by atoms with Gasteiger partial charge in [0.05, 0.1) is 10.0 Å². The molecule has 104 valence electrons. The van der Waals surface area contributed by atoms with Crippen molar-refractivity contribution in [3.8, 4) is 0 Å². The van der Waals surface area contributed by atoms with Gasteiger partial charge in [0, 0.05) is 17.5 Å². The Kier molecular flexibility index (Phi) is 4.88. The molecule has 1 N–H and O–H groups in total. The number of carbonyl (C=O) groups excluding carboxylic acids is 1. The predicted molar refractivity (Wildman–Crippen MR) is 80.2 cm³/mol. The molecular weight excluding hydrogens is 281 g/mol. The summed E-state index contributed by atoms with van der Waals surface area (Å²) < 4.78 is 0. The third-order valence-electron chi connectivity index (χ3n) is 3.92. The summed E-state index contributed by atoms with van der Waals surface area (Å²) >= 11 is 11.9. The number of nitrogens with one attached hydrogen (secondary N) is 1. The Balaban J connectivity index is 2.26. The lowest BCUT2D eigenvalue weighted by atomic mass is 9.75. The highest BCUT2D eigenvalue weighted by molar-refractivity contribution is 6.42. The van der Waals surface area contributed by atoms with Crippen LogP contribution in [0.1, 0.15) is 43.0 Å². The van der Waals surface area contributed by atoms with Crippen LogP contribution < -0.4 is 5.32 Å². The van der Waals surface area contributed by atoms with E-state index in [1.54, 1.807) is 18.2 Å². The van der Waals surface area contributed by atoms with E-state index in [2.05, 4.69) is 12.2 Å². The third-order valence-corrected chi connectivity index (χ3v) is 4.66. The van der Waals surface area contributed by atoms with Gasteiger partial charge in [-0.2, -0.15) is 0 Å². The first kappa shape index (κ1) is 14.8. The van der Waals surface area contributed by atoms with Gasteiger partial charge in [0.2, 0.25) is 0 Å². The Labute approximate surface area is 124 Å². The van der Waals surface area contributed by atoms with Gasteiger partial charge < -0.3 is 5.32 Å². The SMILES string of the molecule is CCCC[C@]1(C(=O)c2ccc(Cl)c(Cl)c2)CCNC1. The lowest BCUT2D eigenvalue weighted by Crippen LogP contribution is -2.33. The van der Waals surface area contributed by atoms with Gasteiger partial charge in [-0.15, -0.1) is 0 Å². The molecule has 0 saturated carbocycles. The molecule has 0 radical (unpaired) electrons. The van der Waals surface area contributed by atoms with Crippen LogP contribution >= 0.6 is 23.2 Å². The molecule has 19 heavy (non-hydrogen) atoms. The Morgan fingerprint density at radius 1 is 1.37 bits per heavy atom. The molecule has 0 amide bonds. The molecule has 1 saturated heterocycles. The van der Waals surface area contributed by atoms with E-state index in [1.165, 1.54) is 0 Å². The minimum Gasteiger partial charge on any atom is -0.316 e. The van der Waals surface area contributed by atoms with Crippen molar-refractivity contribution in [2.75, 3.05) is 13.1 Å². The maximum Gasteiger partial charge on any atom is 0.170 e. The molecule has 0 aliphatic carbocycles. The van der Waals surface area contributed by atoms with Gasteiger partial charge in [-0.1, -0.05) is 43.0 Å². The number of Topliss-reactive ketones (excluding diaryl/α,β-unsaturated/α-hetero) is 1. The summed E-state index contributed by atoms with van der Waals surface area (Å²) in [6, 6.07) is 5.17. The van der Waals surface area contributed by atoms with Crippen molar-refractivity contribution in [3.63, 3.8) is 0 Å². The van der Waals surface area contributed by atoms with Gasteiger partial charge in [-0.3, -0.25) is 4.79 Å². The smallest absolute Gasteiger partial charge is 0.170 e. The number of hydrogen-bond acceptors (Lipinski definition) is 2. The van der Waals surface area contributed by atoms with E-state index in [1.807, 2.05) is 0 Å². The van der Waals surface area contributed by atoms with Crippen molar-refractivity contribution < 1.29 is 4.79 Å². The van der Waals surface area contributed by atoms with Crippen LogP contribution in [0.4, 0.5) is 0 Å². The highest BCUT2D eigenvalue weighted by Crippen LogP contribution is 2.36. The number of benzene rings is 1. The van der Waals surface area contributed by atoms with E-state index in [-0.39, 0.29) is 11.2 Å². The standard InChI is InChI=1S/C15H19Cl2NO/c1-2-3-6-15(7-8-18-10-15)14(19)11-4-5-12(16)13(17)9-11/h4-5,9,18H,2-3,6-8,10H2,1H3/t15-/m0/s1. The van der Waals surface area contributed by atoms with Gasteiger partial charge in [0.15, 0.2) is 5.78 Å². The first-order valence-corrected chi connectivity index (χ1v) is 7.55. The highest BCUT2D eigenvalue weighted by Gasteiger charge is 2.40. The van der Waals surface area contributed by atoms with Gasteiger partial charge in [0.25, 0.3) is 0 Å². The molecule has 2 rings (SSSR count). The molecule has 0 unspecified atom stereocenters. The van der Waals surface area contributed by atoms with E-state index in [0.29, 0.717) is 15.6 Å². The minimum absolute atomic E-state index is 0.199. The topological polar surface area (TPSA) is 29.1 Å². The molecule has 1 atom stereocenters. The number of ketones is 1. The van der Waals surface area contributed by atoms with Gasteiger partial charge in [-0.25, -0.2) is 0 Å². The summed E-state index contributed by atoms with van der Waals surface area (Å²) in [4.78, 5) is 12.8. The molecule has 1 aromatic rings. The fourth-order valence-electron chi connectivity index (χ4n) is 2.72. The fraction of sp³-hybridized carbons (Fsp3) is 0.533. The molecule has 1 fully saturated rings. The van der Waals surface area contributed by atoms with Crippen LogP contribution in [-0.4, -0.2) is 18.9 Å². The average Bonchev–Trinajstić information content (AvgIpc) is 2.89. The van der Waals surface area contributed by atoms with E-state index < -0.39 is 0 Å². The first-order valence-electron chi connectivity index (χ1n) is 6.79. The Hall–Kier alpha value is -0.570. The van der Waals surface area contributed by atoms with Crippen LogP contribution in [0.25, 0.3) is 0 Å². The van der Waals surface area contributed by atoms with E-state index in [9.17, 15) is 4.79 Å². The average molecular weight is 300 g/mol. The van der Waals surface area contributed by atoms with Crippen LogP contribution in [0.5, 0.6) is 0 Å². The van der Waals surface area contributed by atoms with E-state index in [0.717, 1.165) is 38.8 Å². The van der Waals surface area contributed by atoms with Crippen molar-refractivity contribution in [2.45, 2.75) is 32.6 Å². The number of hydrogen-bond donors (Lipinski definition) is 1. The molecule has 2 nitrogen and oxygen atoms in total. The molecule has 0 spiro atoms. The third kappa shape index (κ3) is 3.13. The van der Waals surface area contributed by atoms with Crippen LogP contribution in [0.3, 0.4) is 0 Å². The zero-order valence-corrected chi connectivity index (χ0v) is 12.7. The lowest BCUT2D eigenvalue weighted by Gasteiger charge is -2.26. The van der Waals surface area contributed by atoms with Crippen molar-refractivity contribution >= 4 is 29.0 Å². The molecule has 1 heterocycles. The molecule has 0 aromatic heterocycles. The molecule has 0 bridgehead atoms. The Morgan fingerprint density at radius 3 is 2.74 bits per heavy atom. The molecule has 1 aromatic carbocycles. The molecular formula is C15H19Cl2NO. The summed E-state index contributed by atoms with van der Waals surface area (Å²) in [7, 11) is 0. The zero-order chi connectivity index (χ0) is 13.9. The quantitative estimate of drug-likeness (QED) is 0.819. The Morgan fingerprint density at radius 2 is 2.16 bits per heavy atom. The maximum absolute atomic E-state index is 12.8. The molecule has 1 aliphatic heterocycles. The van der Waals surface area contributed by atoms with Gasteiger partial charge in [-0.05, 0) is 37.6 Å². The highest BCUT2D eigenvalue weighted by atomic mass is 35.5. The normalized spacial score (nSPS) is 22.7. The van der Waals surface area contributed by atoms with Gasteiger partial charge >= 0.3 is 0 Å². The minimum atomic E-state index is -0.257. The second-order valence-electron chi connectivity index (χ2n) is 5.27. The zero-order valence-electron chi connectivity index (χ0n) is 11.1. The summed E-state index contributed by atoms with van der Waals surface area (Å²) in [5.74, 6) is 0.199. The number of unbranched alkanes of at least 4 members (excludes halogenated alkanes) is 1. The maximum atomic E-state index is 12.8. The number of carbonyl (C=O) groups is 1. The van der Waals surface area contributed by atoms with Crippen LogP contribution in [0.2, 0.25) is 10.0 Å². The molecule has 1 aliphatic rings. The van der Waals surface area contributed by atoms with Crippen molar-refractivity contribution in [1.29, 1.82) is 0 Å². The first-order chi connectivity index (χ1) is 9.09. The Bertz CT molecular complexity index is 467. The largest absolute Gasteiger partial charge is 0.316 e. The van der Waals surface area contributed by atoms with Gasteiger partial charge in [0.1, 0.15) is 0 Å². The van der Waals surface area contributed by atoms with Crippen LogP contribution in [-0.2, 0) is 0 Å². The van der Waals surface area contributed by atoms with Crippen molar-refractivity contribution in [1.82, 2.24) is 5.32 Å². The summed E-state index contributed by atoms with van der Waals surface area (Å²) in [5.41, 5.74) is 0.418. The van der Waals surface area contributed by atoms with E-state index >= 15 is 0 Å². The van der Waals surface area contributed by atoms with Crippen LogP contribution in [0.15, 0.2) is 18.2 Å². The van der Waals surface area contributed by atoms with Crippen LogP contribution in [0, 0.1) is 5.41 Å².